The van der Waals surface area contributed by atoms with Gasteiger partial charge in [0.2, 0.25) is 5.91 Å². The maximum absolute atomic E-state index is 13.8. The van der Waals surface area contributed by atoms with Gasteiger partial charge in [0.25, 0.3) is 0 Å². The first-order valence-corrected chi connectivity index (χ1v) is 5.79. The SMILES string of the molecule is CC1(c2cc(Br)ccc2F)NC(=O)COC1O. The summed E-state index contributed by atoms with van der Waals surface area (Å²) >= 11 is 3.22. The molecule has 1 amide bonds. The minimum atomic E-state index is -1.29. The summed E-state index contributed by atoms with van der Waals surface area (Å²) in [5.41, 5.74) is -1.11. The molecule has 0 aliphatic carbocycles. The highest BCUT2D eigenvalue weighted by Crippen LogP contribution is 2.31. The average molecular weight is 304 g/mol. The topological polar surface area (TPSA) is 58.6 Å². The Labute approximate surface area is 106 Å². The molecule has 1 saturated heterocycles. The van der Waals surface area contributed by atoms with Crippen molar-refractivity contribution in [3.63, 3.8) is 0 Å². The molecule has 0 saturated carbocycles. The summed E-state index contributed by atoms with van der Waals surface area (Å²) in [6.07, 6.45) is -1.29. The van der Waals surface area contributed by atoms with Crippen LogP contribution in [0.1, 0.15) is 12.5 Å². The van der Waals surface area contributed by atoms with Gasteiger partial charge in [-0.3, -0.25) is 4.79 Å². The second-order valence-corrected chi connectivity index (χ2v) is 4.95. The average Bonchev–Trinajstić information content (AvgIpc) is 2.27. The summed E-state index contributed by atoms with van der Waals surface area (Å²) in [4.78, 5) is 11.3. The van der Waals surface area contributed by atoms with Crippen LogP contribution < -0.4 is 5.32 Å². The van der Waals surface area contributed by atoms with E-state index >= 15 is 0 Å². The number of benzene rings is 1. The van der Waals surface area contributed by atoms with Gasteiger partial charge in [0, 0.05) is 10.0 Å². The fourth-order valence-corrected chi connectivity index (χ4v) is 2.17. The van der Waals surface area contributed by atoms with Crippen LogP contribution in [0.4, 0.5) is 4.39 Å². The summed E-state index contributed by atoms with van der Waals surface area (Å²) in [6.45, 7) is 1.28. The molecule has 2 N–H and O–H groups in total. The minimum absolute atomic E-state index is 0.174. The number of carbonyl (C=O) groups is 1. The summed E-state index contributed by atoms with van der Waals surface area (Å²) in [5, 5.41) is 12.3. The van der Waals surface area contributed by atoms with Crippen LogP contribution in [0, 0.1) is 5.82 Å². The number of halogens is 2. The number of rotatable bonds is 1. The van der Waals surface area contributed by atoms with E-state index in [4.69, 9.17) is 4.74 Å². The zero-order valence-corrected chi connectivity index (χ0v) is 10.6. The van der Waals surface area contributed by atoms with E-state index in [2.05, 4.69) is 21.2 Å². The maximum Gasteiger partial charge on any atom is 0.246 e. The molecule has 0 spiro atoms. The van der Waals surface area contributed by atoms with Crippen molar-refractivity contribution in [3.8, 4) is 0 Å². The zero-order valence-electron chi connectivity index (χ0n) is 9.04. The summed E-state index contributed by atoms with van der Waals surface area (Å²) in [6, 6.07) is 4.31. The summed E-state index contributed by atoms with van der Waals surface area (Å²) < 4.78 is 19.3. The normalized spacial score (nSPS) is 28.9. The zero-order chi connectivity index (χ0) is 12.6. The lowest BCUT2D eigenvalue weighted by molar-refractivity contribution is -0.187. The van der Waals surface area contributed by atoms with Crippen LogP contribution >= 0.6 is 15.9 Å². The third kappa shape index (κ3) is 2.20. The van der Waals surface area contributed by atoms with Gasteiger partial charge in [-0.25, -0.2) is 4.39 Å². The van der Waals surface area contributed by atoms with Crippen molar-refractivity contribution in [1.82, 2.24) is 5.32 Å². The van der Waals surface area contributed by atoms with Crippen LogP contribution in [-0.4, -0.2) is 23.9 Å². The molecule has 0 radical (unpaired) electrons. The smallest absolute Gasteiger partial charge is 0.246 e. The first-order chi connectivity index (χ1) is 7.93. The second-order valence-electron chi connectivity index (χ2n) is 4.04. The van der Waals surface area contributed by atoms with Gasteiger partial charge in [-0.1, -0.05) is 15.9 Å². The number of ether oxygens (including phenoxy) is 1. The Morgan fingerprint density at radius 1 is 1.65 bits per heavy atom. The Morgan fingerprint density at radius 2 is 2.35 bits per heavy atom. The molecule has 6 heteroatoms. The van der Waals surface area contributed by atoms with Crippen molar-refractivity contribution >= 4 is 21.8 Å². The molecular weight excluding hydrogens is 293 g/mol. The lowest BCUT2D eigenvalue weighted by Gasteiger charge is -2.39. The number of nitrogens with one attached hydrogen (secondary N) is 1. The first-order valence-electron chi connectivity index (χ1n) is 4.99. The van der Waals surface area contributed by atoms with E-state index in [9.17, 15) is 14.3 Å². The standard InChI is InChI=1S/C11H11BrFNO3/c1-11(10(16)17-5-9(15)14-11)7-4-6(12)2-3-8(7)13/h2-4,10,16H,5H2,1H3,(H,14,15). The number of carbonyl (C=O) groups excluding carboxylic acids is 1. The van der Waals surface area contributed by atoms with E-state index in [1.807, 2.05) is 0 Å². The lowest BCUT2D eigenvalue weighted by Crippen LogP contribution is -2.58. The van der Waals surface area contributed by atoms with E-state index in [-0.39, 0.29) is 12.2 Å². The van der Waals surface area contributed by atoms with Crippen LogP contribution in [0.25, 0.3) is 0 Å². The molecule has 17 heavy (non-hydrogen) atoms. The molecule has 1 aliphatic rings. The third-order valence-corrected chi connectivity index (χ3v) is 3.25. The van der Waals surface area contributed by atoms with Gasteiger partial charge in [0.1, 0.15) is 18.0 Å². The van der Waals surface area contributed by atoms with Crippen LogP contribution in [0.15, 0.2) is 22.7 Å². The Balaban J connectivity index is 2.48. The van der Waals surface area contributed by atoms with E-state index < -0.39 is 23.6 Å². The van der Waals surface area contributed by atoms with E-state index in [1.165, 1.54) is 19.1 Å². The summed E-state index contributed by atoms with van der Waals surface area (Å²) in [7, 11) is 0. The van der Waals surface area contributed by atoms with Crippen molar-refractivity contribution in [2.75, 3.05) is 6.61 Å². The largest absolute Gasteiger partial charge is 0.366 e. The first kappa shape index (κ1) is 12.5. The van der Waals surface area contributed by atoms with Gasteiger partial charge < -0.3 is 15.2 Å². The molecule has 1 heterocycles. The number of hydrogen-bond donors (Lipinski definition) is 2. The fourth-order valence-electron chi connectivity index (χ4n) is 1.80. The monoisotopic (exact) mass is 303 g/mol. The molecule has 2 rings (SSSR count). The second kappa shape index (κ2) is 4.36. The van der Waals surface area contributed by atoms with Crippen molar-refractivity contribution in [3.05, 3.63) is 34.1 Å². The molecule has 4 nitrogen and oxygen atoms in total. The predicted molar refractivity (Wildman–Crippen MR) is 61.6 cm³/mol. The molecule has 2 unspecified atom stereocenters. The number of amides is 1. The lowest BCUT2D eigenvalue weighted by atomic mass is 9.89. The molecule has 0 bridgehead atoms. The van der Waals surface area contributed by atoms with Crippen LogP contribution in [0.5, 0.6) is 0 Å². The van der Waals surface area contributed by atoms with Gasteiger partial charge in [-0.15, -0.1) is 0 Å². The third-order valence-electron chi connectivity index (χ3n) is 2.75. The van der Waals surface area contributed by atoms with Gasteiger partial charge in [0.15, 0.2) is 6.29 Å². The van der Waals surface area contributed by atoms with E-state index in [0.29, 0.717) is 4.47 Å². The minimum Gasteiger partial charge on any atom is -0.366 e. The number of aliphatic hydroxyl groups is 1. The highest BCUT2D eigenvalue weighted by atomic mass is 79.9. The molecule has 92 valence electrons. The summed E-state index contributed by atoms with van der Waals surface area (Å²) in [5.74, 6) is -0.905. The van der Waals surface area contributed by atoms with Crippen LogP contribution in [0.2, 0.25) is 0 Å². The van der Waals surface area contributed by atoms with Gasteiger partial charge in [0.05, 0.1) is 0 Å². The van der Waals surface area contributed by atoms with Crippen molar-refractivity contribution < 1.29 is 19.0 Å². The Bertz CT molecular complexity index is 468. The molecular formula is C11H11BrFNO3. The van der Waals surface area contributed by atoms with Crippen LogP contribution in [0.3, 0.4) is 0 Å². The predicted octanol–water partition coefficient (Wildman–Crippen LogP) is 1.27. The molecule has 0 aromatic heterocycles. The molecule has 1 aromatic carbocycles. The highest BCUT2D eigenvalue weighted by molar-refractivity contribution is 9.10. The van der Waals surface area contributed by atoms with Crippen molar-refractivity contribution in [2.24, 2.45) is 0 Å². The van der Waals surface area contributed by atoms with Crippen LogP contribution in [-0.2, 0) is 15.1 Å². The fraction of sp³-hybridized carbons (Fsp3) is 0.364. The van der Waals surface area contributed by atoms with Gasteiger partial charge >= 0.3 is 0 Å². The highest BCUT2D eigenvalue weighted by Gasteiger charge is 2.42. The molecule has 2 atom stereocenters. The number of morpholine rings is 1. The van der Waals surface area contributed by atoms with E-state index in [1.54, 1.807) is 6.07 Å². The van der Waals surface area contributed by atoms with Gasteiger partial charge in [-0.05, 0) is 25.1 Å². The number of aliphatic hydroxyl groups excluding tert-OH is 1. The quantitative estimate of drug-likeness (QED) is 0.821. The Hall–Kier alpha value is -0.980. The van der Waals surface area contributed by atoms with Crippen molar-refractivity contribution in [2.45, 2.75) is 18.8 Å². The maximum atomic E-state index is 13.8. The molecule has 1 fully saturated rings. The van der Waals surface area contributed by atoms with E-state index in [0.717, 1.165) is 0 Å². The molecule has 1 aromatic rings. The van der Waals surface area contributed by atoms with Crippen molar-refractivity contribution in [1.29, 1.82) is 0 Å². The Kier molecular flexibility index (Phi) is 3.20. The number of hydrogen-bond acceptors (Lipinski definition) is 3. The van der Waals surface area contributed by atoms with Gasteiger partial charge in [-0.2, -0.15) is 0 Å². The molecule has 1 aliphatic heterocycles. The Morgan fingerprint density at radius 3 is 3.06 bits per heavy atom.